The molecule has 2 aromatic heterocycles. The Morgan fingerprint density at radius 2 is 1.54 bits per heavy atom. The average molecular weight is 561 g/mol. The first-order valence-corrected chi connectivity index (χ1v) is 13.4. The molecule has 0 spiro atoms. The number of morpholine rings is 1. The van der Waals surface area contributed by atoms with Crippen LogP contribution >= 0.6 is 0 Å². The van der Waals surface area contributed by atoms with E-state index in [2.05, 4.69) is 20.6 Å². The molecule has 4 heterocycles. The number of rotatable bonds is 5. The SMILES string of the molecule is O=C(Nc1ccc(F)cc1)Nc1ccc(-c2nc(N3CCOCC3)c3cnn(C4CCN(C(=O)O)CC4)c3n2)cc1. The highest BCUT2D eigenvalue weighted by Gasteiger charge is 2.27. The number of hydrogen-bond donors (Lipinski definition) is 3. The quantitative estimate of drug-likeness (QED) is 0.326. The van der Waals surface area contributed by atoms with Gasteiger partial charge in [-0.1, -0.05) is 0 Å². The first-order valence-electron chi connectivity index (χ1n) is 13.4. The summed E-state index contributed by atoms with van der Waals surface area (Å²) in [6, 6.07) is 12.3. The lowest BCUT2D eigenvalue weighted by Crippen LogP contribution is -2.38. The van der Waals surface area contributed by atoms with E-state index in [1.54, 1.807) is 18.3 Å². The van der Waals surface area contributed by atoms with Crippen LogP contribution in [0.25, 0.3) is 22.4 Å². The van der Waals surface area contributed by atoms with Crippen molar-refractivity contribution in [1.29, 1.82) is 0 Å². The van der Waals surface area contributed by atoms with E-state index in [0.717, 1.165) is 16.8 Å². The zero-order valence-corrected chi connectivity index (χ0v) is 22.2. The molecule has 2 saturated heterocycles. The first kappa shape index (κ1) is 26.4. The van der Waals surface area contributed by atoms with Crippen LogP contribution in [0.15, 0.2) is 54.7 Å². The summed E-state index contributed by atoms with van der Waals surface area (Å²) in [4.78, 5) is 37.2. The number of aromatic nitrogens is 4. The lowest BCUT2D eigenvalue weighted by Gasteiger charge is -2.30. The normalized spacial score (nSPS) is 16.1. The lowest BCUT2D eigenvalue weighted by molar-refractivity contribution is 0.122. The molecule has 0 aliphatic carbocycles. The summed E-state index contributed by atoms with van der Waals surface area (Å²) < 4.78 is 20.6. The number of carboxylic acid groups (broad SMARTS) is 1. The molecule has 2 fully saturated rings. The van der Waals surface area contributed by atoms with Gasteiger partial charge in [-0.25, -0.2) is 28.6 Å². The molecular weight excluding hydrogens is 531 g/mol. The molecule has 3 amide bonds. The minimum atomic E-state index is -0.904. The summed E-state index contributed by atoms with van der Waals surface area (Å²) in [5, 5.41) is 20.3. The van der Waals surface area contributed by atoms with Gasteiger partial charge < -0.3 is 30.3 Å². The zero-order chi connectivity index (χ0) is 28.3. The van der Waals surface area contributed by atoms with Crippen LogP contribution < -0.4 is 15.5 Å². The van der Waals surface area contributed by atoms with Gasteiger partial charge in [-0.2, -0.15) is 5.10 Å². The summed E-state index contributed by atoms with van der Waals surface area (Å²) >= 11 is 0. The van der Waals surface area contributed by atoms with E-state index in [0.29, 0.717) is 75.1 Å². The molecule has 4 aromatic rings. The predicted molar refractivity (Wildman–Crippen MR) is 151 cm³/mol. The minimum Gasteiger partial charge on any atom is -0.465 e. The van der Waals surface area contributed by atoms with Crippen molar-refractivity contribution < 1.29 is 23.8 Å². The van der Waals surface area contributed by atoms with Gasteiger partial charge in [-0.3, -0.25) is 0 Å². The molecule has 12 nitrogen and oxygen atoms in total. The smallest absolute Gasteiger partial charge is 0.407 e. The topological polar surface area (TPSA) is 138 Å². The van der Waals surface area contributed by atoms with Gasteiger partial charge >= 0.3 is 12.1 Å². The Balaban J connectivity index is 1.27. The van der Waals surface area contributed by atoms with E-state index in [4.69, 9.17) is 14.7 Å². The number of ether oxygens (including phenoxy) is 1. The largest absolute Gasteiger partial charge is 0.465 e. The summed E-state index contributed by atoms with van der Waals surface area (Å²) in [6.07, 6.45) is 2.19. The second kappa shape index (κ2) is 11.4. The minimum absolute atomic E-state index is 0.0228. The summed E-state index contributed by atoms with van der Waals surface area (Å²) in [6.45, 7) is 3.48. The van der Waals surface area contributed by atoms with E-state index >= 15 is 0 Å². The van der Waals surface area contributed by atoms with Gasteiger partial charge in [0.05, 0.1) is 30.8 Å². The standard InChI is InChI=1S/C28H29FN8O4/c29-19-3-7-21(8-4-19)32-27(38)31-20-5-1-18(2-6-20)24-33-25(35-13-15-41-16-14-35)23-17-30-37(26(23)34-24)22-9-11-36(12-10-22)28(39)40/h1-8,17,22H,9-16H2,(H,39,40)(H2,31,32,38). The number of amides is 3. The highest BCUT2D eigenvalue weighted by molar-refractivity contribution is 5.99. The molecule has 3 N–H and O–H groups in total. The Labute approximate surface area is 234 Å². The highest BCUT2D eigenvalue weighted by Crippen LogP contribution is 2.32. The maximum absolute atomic E-state index is 13.1. The highest BCUT2D eigenvalue weighted by atomic mass is 19.1. The van der Waals surface area contributed by atoms with Gasteiger partial charge in [0.2, 0.25) is 0 Å². The molecule has 2 aliphatic rings. The molecule has 212 valence electrons. The molecule has 13 heteroatoms. The number of hydrogen-bond acceptors (Lipinski definition) is 7. The third-order valence-corrected chi connectivity index (χ3v) is 7.33. The van der Waals surface area contributed by atoms with Gasteiger partial charge in [-0.15, -0.1) is 0 Å². The predicted octanol–water partition coefficient (Wildman–Crippen LogP) is 4.43. The number of carbonyl (C=O) groups excluding carboxylic acids is 1. The molecule has 0 bridgehead atoms. The Bertz CT molecular complexity index is 1550. The molecule has 0 unspecified atom stereocenters. The fourth-order valence-electron chi connectivity index (χ4n) is 5.15. The second-order valence-corrected chi connectivity index (χ2v) is 9.96. The van der Waals surface area contributed by atoms with Crippen molar-refractivity contribution in [2.45, 2.75) is 18.9 Å². The number of anilines is 3. The second-order valence-electron chi connectivity index (χ2n) is 9.96. The molecule has 2 aromatic carbocycles. The molecular formula is C28H29FN8O4. The maximum atomic E-state index is 13.1. The monoisotopic (exact) mass is 560 g/mol. The summed E-state index contributed by atoms with van der Waals surface area (Å²) in [7, 11) is 0. The Morgan fingerprint density at radius 3 is 2.17 bits per heavy atom. The number of fused-ring (bicyclic) bond motifs is 1. The fraction of sp³-hybridized carbons (Fsp3) is 0.321. The van der Waals surface area contributed by atoms with Crippen LogP contribution in [0.5, 0.6) is 0 Å². The number of nitrogens with zero attached hydrogens (tertiary/aromatic N) is 6. The zero-order valence-electron chi connectivity index (χ0n) is 22.2. The van der Waals surface area contributed by atoms with Crippen LogP contribution in [0, 0.1) is 5.82 Å². The Hall–Kier alpha value is -4.78. The van der Waals surface area contributed by atoms with Crippen molar-refractivity contribution in [2.75, 3.05) is 54.9 Å². The average Bonchev–Trinajstić information content (AvgIpc) is 3.43. The van der Waals surface area contributed by atoms with Crippen molar-refractivity contribution in [3.05, 3.63) is 60.5 Å². The third kappa shape index (κ3) is 5.75. The van der Waals surface area contributed by atoms with Crippen LogP contribution in [0.3, 0.4) is 0 Å². The third-order valence-electron chi connectivity index (χ3n) is 7.33. The number of piperidine rings is 1. The lowest BCUT2D eigenvalue weighted by atomic mass is 10.1. The number of benzene rings is 2. The first-order chi connectivity index (χ1) is 19.9. The fourth-order valence-corrected chi connectivity index (χ4v) is 5.15. The van der Waals surface area contributed by atoms with Gasteiger partial charge in [0, 0.05) is 43.1 Å². The van der Waals surface area contributed by atoms with Crippen LogP contribution in [0.1, 0.15) is 18.9 Å². The number of carbonyl (C=O) groups is 2. The molecule has 6 rings (SSSR count). The number of likely N-dealkylation sites (tertiary alicyclic amines) is 1. The van der Waals surface area contributed by atoms with Crippen molar-refractivity contribution >= 4 is 40.4 Å². The number of urea groups is 1. The summed E-state index contributed by atoms with van der Waals surface area (Å²) in [5.74, 6) is 0.921. The van der Waals surface area contributed by atoms with Crippen LogP contribution in [-0.2, 0) is 4.74 Å². The van der Waals surface area contributed by atoms with E-state index < -0.39 is 12.1 Å². The van der Waals surface area contributed by atoms with Crippen molar-refractivity contribution in [1.82, 2.24) is 24.6 Å². The number of nitrogens with one attached hydrogen (secondary N) is 2. The number of halogens is 1. The molecule has 0 radical (unpaired) electrons. The van der Waals surface area contributed by atoms with E-state index in [1.165, 1.54) is 29.2 Å². The van der Waals surface area contributed by atoms with Crippen LogP contribution in [-0.4, -0.2) is 81.3 Å². The van der Waals surface area contributed by atoms with Crippen molar-refractivity contribution in [3.8, 4) is 11.4 Å². The van der Waals surface area contributed by atoms with E-state index in [-0.39, 0.29) is 11.9 Å². The van der Waals surface area contributed by atoms with Gasteiger partial charge in [0.15, 0.2) is 11.5 Å². The van der Waals surface area contributed by atoms with Crippen LogP contribution in [0.2, 0.25) is 0 Å². The van der Waals surface area contributed by atoms with Gasteiger partial charge in [-0.05, 0) is 61.4 Å². The van der Waals surface area contributed by atoms with Crippen molar-refractivity contribution in [3.63, 3.8) is 0 Å². The van der Waals surface area contributed by atoms with Crippen LogP contribution in [0.4, 0.5) is 31.2 Å². The van der Waals surface area contributed by atoms with E-state index in [9.17, 15) is 19.1 Å². The molecule has 0 atom stereocenters. The van der Waals surface area contributed by atoms with Gasteiger partial charge in [0.25, 0.3) is 0 Å². The molecule has 2 aliphatic heterocycles. The van der Waals surface area contributed by atoms with E-state index in [1.807, 2.05) is 16.8 Å². The maximum Gasteiger partial charge on any atom is 0.407 e. The van der Waals surface area contributed by atoms with Crippen molar-refractivity contribution in [2.24, 2.45) is 0 Å². The summed E-state index contributed by atoms with van der Waals surface area (Å²) in [5.41, 5.74) is 2.51. The Kier molecular flexibility index (Phi) is 7.33. The Morgan fingerprint density at radius 1 is 0.902 bits per heavy atom. The van der Waals surface area contributed by atoms with Gasteiger partial charge in [0.1, 0.15) is 11.6 Å². The molecule has 41 heavy (non-hydrogen) atoms. The molecule has 0 saturated carbocycles.